The molecule has 2 aromatic rings. The Morgan fingerprint density at radius 2 is 0.838 bits per heavy atom. The summed E-state index contributed by atoms with van der Waals surface area (Å²) in [5, 5.41) is 16.3. The maximum atomic E-state index is 11.5. The maximum absolute atomic E-state index is 11.5. The van der Waals surface area contributed by atoms with Crippen molar-refractivity contribution in [2.24, 2.45) is 11.8 Å². The molecular weight excluding hydrogens is 1420 g/mol. The fraction of sp³-hybridized carbons (Fsp3) is 0.529. The largest absolute Gasteiger partial charge is 0.462 e. The SMILES string of the molecule is C=CCCCCO.O=C(Cl)c1ccccc1.O=C(OCCCCC1CC1)c1ccccc1.OCCCCC1CC1.S=S=S=S=S=S=S=S=S=S=S=S=S=S=S=S=S=S=S=S=S=S=S=S=S=S=S=S. The molecule has 2 aromatic carbocycles. The fourth-order valence-corrected chi connectivity index (χ4v) is 69.9. The van der Waals surface area contributed by atoms with E-state index in [0.29, 0.717) is 30.9 Å². The number of halogens is 1. The first-order valence-corrected chi connectivity index (χ1v) is 55.7. The molecule has 0 radical (unpaired) electrons. The van der Waals surface area contributed by atoms with E-state index in [-0.39, 0.29) is 5.97 Å². The molecule has 0 bridgehead atoms. The van der Waals surface area contributed by atoms with Gasteiger partial charge in [0.05, 0.1) is 12.2 Å². The van der Waals surface area contributed by atoms with E-state index in [1.807, 2.05) is 119 Å². The van der Waals surface area contributed by atoms with E-state index in [1.54, 1.807) is 161 Å². The van der Waals surface area contributed by atoms with Crippen LogP contribution in [0.5, 0.6) is 0 Å². The van der Waals surface area contributed by atoms with Crippen LogP contribution in [0.15, 0.2) is 73.3 Å². The number of carbonyl (C=O) groups is 2. The number of ether oxygens (including phenoxy) is 1. The average Bonchev–Trinajstić information content (AvgIpc) is 4.32. The minimum Gasteiger partial charge on any atom is -0.462 e. The maximum Gasteiger partial charge on any atom is 0.338 e. The number of rotatable bonds is 15. The molecule has 4 rings (SSSR count). The molecule has 0 heterocycles. The van der Waals surface area contributed by atoms with E-state index in [2.05, 4.69) is 6.58 Å². The van der Waals surface area contributed by atoms with Crippen LogP contribution < -0.4 is 0 Å². The predicted molar refractivity (Wildman–Crippen MR) is 371 cm³/mol. The number of allylic oxidation sites excluding steroid dienone is 1. The number of hydrogen-bond donors (Lipinski definition) is 2. The Morgan fingerprint density at radius 1 is 0.515 bits per heavy atom. The van der Waals surface area contributed by atoms with Gasteiger partial charge in [-0.1, -0.05) is 99.6 Å². The van der Waals surface area contributed by atoms with Crippen LogP contribution in [0, 0.1) is 11.8 Å². The molecule has 2 saturated carbocycles. The zero-order valence-corrected chi connectivity index (χ0v) is 59.1. The molecule has 0 atom stereocenters. The molecular formula is C34H49ClO5S28. The molecule has 0 saturated heterocycles. The van der Waals surface area contributed by atoms with E-state index in [9.17, 15) is 9.59 Å². The van der Waals surface area contributed by atoms with Crippen molar-refractivity contribution in [1.82, 2.24) is 0 Å². The van der Waals surface area contributed by atoms with Crippen molar-refractivity contribution in [3.8, 4) is 0 Å². The Kier molecular flexibility index (Phi) is 63.2. The average molecular weight is 1470 g/mol. The van der Waals surface area contributed by atoms with Crippen molar-refractivity contribution < 1.29 is 24.5 Å². The first kappa shape index (κ1) is 71.7. The number of esters is 1. The molecule has 0 spiro atoms. The summed E-state index contributed by atoms with van der Waals surface area (Å²) in [7, 11) is 45.4. The van der Waals surface area contributed by atoms with Crippen LogP contribution in [0.25, 0.3) is 0 Å². The second-order valence-electron chi connectivity index (χ2n) is 12.0. The molecule has 2 N–H and O–H groups in total. The molecule has 2 fully saturated rings. The highest BCUT2D eigenvalue weighted by atomic mass is 35.5. The lowest BCUT2D eigenvalue weighted by Gasteiger charge is -2.04. The van der Waals surface area contributed by atoms with Gasteiger partial charge in [-0.15, -0.1) is 6.58 Å². The van der Waals surface area contributed by atoms with Crippen molar-refractivity contribution in [2.45, 2.75) is 83.5 Å². The number of aliphatic hydroxyl groups excluding tert-OH is 2. The van der Waals surface area contributed by atoms with Crippen LogP contribution in [-0.4, -0.2) is 41.2 Å². The normalized spacial score (nSPS) is 10.9. The molecule has 68 heavy (non-hydrogen) atoms. The van der Waals surface area contributed by atoms with Gasteiger partial charge in [0.1, 0.15) is 0 Å². The number of aliphatic hydroxyl groups is 2. The van der Waals surface area contributed by atoms with Gasteiger partial charge in [0.2, 0.25) is 0 Å². The Morgan fingerprint density at radius 3 is 1.13 bits per heavy atom. The minimum absolute atomic E-state index is 0.202. The van der Waals surface area contributed by atoms with Crippen molar-refractivity contribution in [2.75, 3.05) is 19.8 Å². The molecule has 0 unspecified atom stereocenters. The summed E-state index contributed by atoms with van der Waals surface area (Å²) < 4.78 is 5.19. The Hall–Kier alpha value is 3.69. The second kappa shape index (κ2) is 59.9. The van der Waals surface area contributed by atoms with E-state index < -0.39 is 5.24 Å². The standard InChI is InChI=1S/C14H18O2.C7H5ClO.C7H14O.C6H12O.S28/c15-14(13-7-2-1-3-8-13)16-11-5-4-6-12-9-10-12;8-7(9)6-4-2-1-3-5-6;8-6-2-1-3-7-4-5-7;1-2-3-4-5-6-7;1-3-5-7-9-11-13-15-17-19-21-23-25-27-28-26-24-22-20-18-16-14-12-10-8-6-4-2/h1-3,7-8,12H,4-6,9-11H2;1-5H;7-8H,1-6H2;2,7H,1,3-6H2;. The van der Waals surface area contributed by atoms with Crippen LogP contribution in [0.2, 0.25) is 0 Å². The van der Waals surface area contributed by atoms with Gasteiger partial charge in [0, 0.05) is 272 Å². The molecule has 0 amide bonds. The quantitative estimate of drug-likeness (QED) is 0.0805. The Labute approximate surface area is 491 Å². The highest BCUT2D eigenvalue weighted by molar-refractivity contribution is 8.79. The van der Waals surface area contributed by atoms with Crippen LogP contribution in [-0.2, 0) is 258 Å². The van der Waals surface area contributed by atoms with Gasteiger partial charge in [-0.2, -0.15) is 0 Å². The molecule has 2 aliphatic carbocycles. The Bertz CT molecular complexity index is 2860. The van der Waals surface area contributed by atoms with Gasteiger partial charge in [0.25, 0.3) is 5.24 Å². The Balaban J connectivity index is 0.000000929. The van der Waals surface area contributed by atoms with Crippen molar-refractivity contribution in [3.63, 3.8) is 0 Å². The summed E-state index contributed by atoms with van der Waals surface area (Å²) in [4.78, 5) is 21.9. The summed E-state index contributed by atoms with van der Waals surface area (Å²) in [6.07, 6.45) is 17.7. The molecule has 34 heteroatoms. The first-order chi connectivity index (χ1) is 33.4. The van der Waals surface area contributed by atoms with E-state index >= 15 is 0 Å². The second-order valence-corrected chi connectivity index (χ2v) is 58.4. The van der Waals surface area contributed by atoms with Gasteiger partial charge in [-0.3, -0.25) is 4.79 Å². The number of benzene rings is 2. The van der Waals surface area contributed by atoms with Gasteiger partial charge < -0.3 is 14.9 Å². The zero-order valence-electron chi connectivity index (χ0n) is 35.5. The molecule has 0 aromatic heterocycles. The van der Waals surface area contributed by atoms with E-state index in [4.69, 9.17) is 48.9 Å². The van der Waals surface area contributed by atoms with Crippen LogP contribution in [0.3, 0.4) is 0 Å². The lowest BCUT2D eigenvalue weighted by molar-refractivity contribution is 0.0497. The van der Waals surface area contributed by atoms with Crippen molar-refractivity contribution >= 4 is 276 Å². The molecule has 0 aliphatic heterocycles. The predicted octanol–water partition coefficient (Wildman–Crippen LogP) is 8.32. The highest BCUT2D eigenvalue weighted by Crippen LogP contribution is 2.34. The summed E-state index contributed by atoms with van der Waals surface area (Å²) in [5.74, 6) is 1.82. The smallest absolute Gasteiger partial charge is 0.338 e. The van der Waals surface area contributed by atoms with Crippen molar-refractivity contribution in [3.05, 3.63) is 84.4 Å². The van der Waals surface area contributed by atoms with Crippen LogP contribution in [0.1, 0.15) is 104 Å². The third kappa shape index (κ3) is 57.4. The summed E-state index contributed by atoms with van der Waals surface area (Å²) in [6.45, 7) is 4.80. The van der Waals surface area contributed by atoms with Gasteiger partial charge in [-0.25, -0.2) is 4.79 Å². The summed E-state index contributed by atoms with van der Waals surface area (Å²) in [5.41, 5.74) is 1.18. The highest BCUT2D eigenvalue weighted by Gasteiger charge is 2.20. The lowest BCUT2D eigenvalue weighted by atomic mass is 10.2. The third-order valence-electron chi connectivity index (χ3n) is 7.18. The number of carbonyl (C=O) groups excluding carboxylic acids is 2. The fourth-order valence-electron chi connectivity index (χ4n) is 3.96. The van der Waals surface area contributed by atoms with Gasteiger partial charge >= 0.3 is 5.97 Å². The topological polar surface area (TPSA) is 83.8 Å². The van der Waals surface area contributed by atoms with E-state index in [0.717, 1.165) is 43.9 Å². The zero-order chi connectivity index (χ0) is 49.6. The molecule has 390 valence electrons. The summed E-state index contributed by atoms with van der Waals surface area (Å²) in [6, 6.07) is 17.9. The van der Waals surface area contributed by atoms with Gasteiger partial charge in [-0.05, 0) is 74.1 Å². The minimum atomic E-state index is -0.407. The first-order valence-electron chi connectivity index (χ1n) is 19.3. The third-order valence-corrected chi connectivity index (χ3v) is 62.9. The van der Waals surface area contributed by atoms with Crippen LogP contribution in [0.4, 0.5) is 0 Å². The molecule has 5 nitrogen and oxygen atoms in total. The van der Waals surface area contributed by atoms with Crippen molar-refractivity contribution in [1.29, 1.82) is 0 Å². The van der Waals surface area contributed by atoms with E-state index in [1.165, 1.54) is 69.1 Å². The monoisotopic (exact) mass is 1470 g/mol. The summed E-state index contributed by atoms with van der Waals surface area (Å²) >= 11 is 14.7. The number of hydrogen-bond acceptors (Lipinski definition) is 7. The molecule has 2 aliphatic rings. The number of unbranched alkanes of at least 4 members (excludes halogenated alkanes) is 4. The van der Waals surface area contributed by atoms with Gasteiger partial charge in [0.15, 0.2) is 0 Å². The lowest BCUT2D eigenvalue weighted by Crippen LogP contribution is -2.06. The van der Waals surface area contributed by atoms with Crippen LogP contribution >= 0.6 is 11.6 Å².